The quantitative estimate of drug-likeness (QED) is 0.440. The summed E-state index contributed by atoms with van der Waals surface area (Å²) in [7, 11) is -1.21. The van der Waals surface area contributed by atoms with E-state index in [0.717, 1.165) is 18.4 Å². The monoisotopic (exact) mass is 512 g/mol. The lowest BCUT2D eigenvalue weighted by Crippen LogP contribution is -2.46. The minimum Gasteiger partial charge on any atom is -0.445 e. The van der Waals surface area contributed by atoms with Gasteiger partial charge in [0.15, 0.2) is 5.78 Å². The largest absolute Gasteiger partial charge is 0.445 e. The summed E-state index contributed by atoms with van der Waals surface area (Å²) in [6.45, 7) is 6.38. The van der Waals surface area contributed by atoms with Crippen LogP contribution in [0.5, 0.6) is 0 Å². The summed E-state index contributed by atoms with van der Waals surface area (Å²) in [4.78, 5) is 43.4. The predicted molar refractivity (Wildman–Crippen MR) is 130 cm³/mol. The molecule has 1 fully saturated rings. The van der Waals surface area contributed by atoms with Crippen molar-refractivity contribution in [3.63, 3.8) is 0 Å². The molecule has 0 spiro atoms. The number of amides is 1. The van der Waals surface area contributed by atoms with E-state index in [0.29, 0.717) is 13.1 Å². The average Bonchev–Trinajstić information content (AvgIpc) is 2.82. The van der Waals surface area contributed by atoms with Gasteiger partial charge < -0.3 is 23.9 Å². The second kappa shape index (κ2) is 13.2. The number of carbonyl (C=O) groups is 3. The maximum atomic E-state index is 13.0. The van der Waals surface area contributed by atoms with Crippen LogP contribution >= 0.6 is 7.60 Å². The van der Waals surface area contributed by atoms with E-state index in [1.165, 1.54) is 14.2 Å². The van der Waals surface area contributed by atoms with Crippen molar-refractivity contribution in [3.05, 3.63) is 35.9 Å². The van der Waals surface area contributed by atoms with Gasteiger partial charge in [0.2, 0.25) is 0 Å². The molecule has 10 nitrogen and oxygen atoms in total. The zero-order valence-electron chi connectivity index (χ0n) is 21.2. The lowest BCUT2D eigenvalue weighted by atomic mass is 9.91. The fourth-order valence-electron chi connectivity index (χ4n) is 3.57. The highest BCUT2D eigenvalue weighted by atomic mass is 31.2. The Balaban J connectivity index is 2.06. The molecule has 0 saturated carbocycles. The number of piperidine rings is 1. The SMILES string of the molecule is COP(=O)(CC(=O)[C@H](CC1CCCN(OC(=O)C(C)(C)C)C1)NC(=O)OCc1ccccc1)OC. The molecule has 2 rings (SSSR count). The van der Waals surface area contributed by atoms with E-state index in [1.807, 2.05) is 30.3 Å². The zero-order valence-corrected chi connectivity index (χ0v) is 22.0. The van der Waals surface area contributed by atoms with Crippen LogP contribution in [0.3, 0.4) is 0 Å². The van der Waals surface area contributed by atoms with Crippen molar-refractivity contribution in [1.29, 1.82) is 0 Å². The summed E-state index contributed by atoms with van der Waals surface area (Å²) in [6, 6.07) is 8.18. The Hall–Kier alpha value is -2.26. The van der Waals surface area contributed by atoms with Gasteiger partial charge >= 0.3 is 19.7 Å². The molecule has 1 aromatic rings. The molecule has 11 heteroatoms. The highest BCUT2D eigenvalue weighted by Crippen LogP contribution is 2.46. The number of ether oxygens (including phenoxy) is 1. The standard InChI is InChI=1S/C24H37N2O8P/c1-24(2,3)22(28)34-26-13-9-12-19(15-26)14-20(21(27)17-35(30,31-4)32-5)25-23(29)33-16-18-10-7-6-8-11-18/h6-8,10-11,19-20H,9,12-17H2,1-5H3,(H,25,29)/t19?,20-/m0/s1. The Labute approximate surface area is 207 Å². The molecule has 1 aliphatic heterocycles. The first-order valence-electron chi connectivity index (χ1n) is 11.6. The molecule has 0 bridgehead atoms. The molecular formula is C24H37N2O8P. The first kappa shape index (κ1) is 29.0. The number of benzene rings is 1. The fraction of sp³-hybridized carbons (Fsp3) is 0.625. The molecule has 0 aliphatic carbocycles. The molecule has 0 radical (unpaired) electrons. The molecule has 2 atom stereocenters. The third-order valence-electron chi connectivity index (χ3n) is 5.67. The maximum Gasteiger partial charge on any atom is 0.408 e. The van der Waals surface area contributed by atoms with Crippen LogP contribution in [0, 0.1) is 11.3 Å². The number of carbonyl (C=O) groups excluding carboxylic acids is 3. The van der Waals surface area contributed by atoms with Gasteiger partial charge in [-0.25, -0.2) is 9.59 Å². The van der Waals surface area contributed by atoms with Crippen molar-refractivity contribution in [3.8, 4) is 0 Å². The van der Waals surface area contributed by atoms with Crippen LogP contribution in [0.2, 0.25) is 0 Å². The van der Waals surface area contributed by atoms with Gasteiger partial charge in [0.05, 0.1) is 11.5 Å². The summed E-state index contributed by atoms with van der Waals surface area (Å²) >= 11 is 0. The van der Waals surface area contributed by atoms with Gasteiger partial charge in [-0.2, -0.15) is 0 Å². The first-order valence-corrected chi connectivity index (χ1v) is 13.4. The lowest BCUT2D eigenvalue weighted by molar-refractivity contribution is -0.208. The van der Waals surface area contributed by atoms with Crippen molar-refractivity contribution in [2.45, 2.75) is 52.7 Å². The van der Waals surface area contributed by atoms with Gasteiger partial charge in [0.1, 0.15) is 12.8 Å². The van der Waals surface area contributed by atoms with Crippen LogP contribution in [0.15, 0.2) is 30.3 Å². The van der Waals surface area contributed by atoms with Crippen LogP contribution < -0.4 is 5.32 Å². The maximum absolute atomic E-state index is 13.0. The number of hydrogen-bond acceptors (Lipinski definition) is 9. The third kappa shape index (κ3) is 9.72. The topological polar surface area (TPSA) is 120 Å². The second-order valence-corrected chi connectivity index (χ2v) is 11.9. The van der Waals surface area contributed by atoms with E-state index >= 15 is 0 Å². The van der Waals surface area contributed by atoms with Crippen molar-refractivity contribution < 1.29 is 37.6 Å². The van der Waals surface area contributed by atoms with Crippen LogP contribution in [-0.4, -0.2) is 62.4 Å². The lowest BCUT2D eigenvalue weighted by Gasteiger charge is -2.34. The number of hydrogen-bond donors (Lipinski definition) is 1. The van der Waals surface area contributed by atoms with Crippen LogP contribution in [0.1, 0.15) is 45.6 Å². The van der Waals surface area contributed by atoms with E-state index in [1.54, 1.807) is 25.8 Å². The molecule has 35 heavy (non-hydrogen) atoms. The van der Waals surface area contributed by atoms with Crippen molar-refractivity contribution in [1.82, 2.24) is 10.4 Å². The third-order valence-corrected chi connectivity index (χ3v) is 7.49. The smallest absolute Gasteiger partial charge is 0.408 e. The van der Waals surface area contributed by atoms with Crippen molar-refractivity contribution in [2.24, 2.45) is 11.3 Å². The number of nitrogens with zero attached hydrogens (tertiary/aromatic N) is 1. The summed E-state index contributed by atoms with van der Waals surface area (Å²) in [5.41, 5.74) is 0.161. The summed E-state index contributed by atoms with van der Waals surface area (Å²) < 4.78 is 27.6. The average molecular weight is 513 g/mol. The predicted octanol–water partition coefficient (Wildman–Crippen LogP) is 3.94. The van der Waals surface area contributed by atoms with Crippen molar-refractivity contribution >= 4 is 25.4 Å². The van der Waals surface area contributed by atoms with Gasteiger partial charge in [-0.05, 0) is 51.5 Å². The molecule has 1 heterocycles. The molecule has 0 aromatic heterocycles. The van der Waals surface area contributed by atoms with Gasteiger partial charge in [0.25, 0.3) is 0 Å². The molecule has 1 N–H and O–H groups in total. The van der Waals surface area contributed by atoms with Crippen molar-refractivity contribution in [2.75, 3.05) is 33.5 Å². The summed E-state index contributed by atoms with van der Waals surface area (Å²) in [5.74, 6) is -0.878. The second-order valence-electron chi connectivity index (χ2n) is 9.62. The Morgan fingerprint density at radius 3 is 2.40 bits per heavy atom. The van der Waals surface area contributed by atoms with E-state index in [2.05, 4.69) is 5.32 Å². The van der Waals surface area contributed by atoms with Gasteiger partial charge in [-0.1, -0.05) is 30.3 Å². The summed E-state index contributed by atoms with van der Waals surface area (Å²) in [6.07, 6.45) is 0.551. The number of Topliss-reactive ketones (excluding diaryl/α,β-unsaturated/α-hetero) is 1. The van der Waals surface area contributed by atoms with Crippen LogP contribution in [-0.2, 0) is 39.4 Å². The minimum atomic E-state index is -3.62. The molecule has 1 aromatic carbocycles. The fourth-order valence-corrected chi connectivity index (χ4v) is 4.58. The molecule has 1 saturated heterocycles. The minimum absolute atomic E-state index is 0.0438. The highest BCUT2D eigenvalue weighted by molar-refractivity contribution is 7.54. The molecule has 1 amide bonds. The van der Waals surface area contributed by atoms with Crippen LogP contribution in [0.4, 0.5) is 4.79 Å². The normalized spacial score (nSPS) is 17.9. The first-order chi connectivity index (χ1) is 16.5. The number of ketones is 1. The van der Waals surface area contributed by atoms with E-state index in [4.69, 9.17) is 18.6 Å². The Morgan fingerprint density at radius 2 is 1.80 bits per heavy atom. The zero-order chi connectivity index (χ0) is 26.1. The number of nitrogens with one attached hydrogen (secondary N) is 1. The van der Waals surface area contributed by atoms with E-state index < -0.39 is 37.1 Å². The molecule has 1 aliphatic rings. The van der Waals surface area contributed by atoms with Crippen LogP contribution in [0.25, 0.3) is 0 Å². The van der Waals surface area contributed by atoms with E-state index in [-0.39, 0.29) is 24.9 Å². The Kier molecular flexibility index (Phi) is 10.9. The summed E-state index contributed by atoms with van der Waals surface area (Å²) in [5, 5.41) is 4.22. The molecular weight excluding hydrogens is 475 g/mol. The number of alkyl carbamates (subject to hydrolysis) is 1. The van der Waals surface area contributed by atoms with E-state index in [9.17, 15) is 18.9 Å². The Morgan fingerprint density at radius 1 is 1.14 bits per heavy atom. The highest BCUT2D eigenvalue weighted by Gasteiger charge is 2.35. The molecule has 196 valence electrons. The Bertz CT molecular complexity index is 895. The van der Waals surface area contributed by atoms with Gasteiger partial charge in [-0.3, -0.25) is 9.36 Å². The number of rotatable bonds is 11. The van der Waals surface area contributed by atoms with Gasteiger partial charge in [0, 0.05) is 27.3 Å². The number of hydroxylamine groups is 2. The molecule has 1 unspecified atom stereocenters. The van der Waals surface area contributed by atoms with Gasteiger partial charge in [-0.15, -0.1) is 5.06 Å².